The molecule has 2 atom stereocenters. The van der Waals surface area contributed by atoms with Crippen LogP contribution in [0.25, 0.3) is 0 Å². The van der Waals surface area contributed by atoms with E-state index in [0.717, 1.165) is 31.8 Å². The van der Waals surface area contributed by atoms with Crippen LogP contribution in [0.3, 0.4) is 0 Å². The molecule has 104 valence electrons. The van der Waals surface area contributed by atoms with E-state index in [4.69, 9.17) is 0 Å². The molecule has 0 radical (unpaired) electrons. The van der Waals surface area contributed by atoms with E-state index in [-0.39, 0.29) is 5.92 Å². The lowest BCUT2D eigenvalue weighted by Gasteiger charge is -2.29. The fraction of sp³-hybridized carbons (Fsp3) is 0.933. The molecule has 0 aromatic rings. The highest BCUT2D eigenvalue weighted by Gasteiger charge is 2.28. The molecule has 1 amide bonds. The van der Waals surface area contributed by atoms with Crippen molar-refractivity contribution in [3.05, 3.63) is 0 Å². The van der Waals surface area contributed by atoms with E-state index in [1.807, 2.05) is 11.9 Å². The summed E-state index contributed by atoms with van der Waals surface area (Å²) in [6.07, 6.45) is 9.02. The van der Waals surface area contributed by atoms with E-state index in [9.17, 15) is 4.79 Å². The normalized spacial score (nSPS) is 27.1. The Hall–Kier alpha value is -0.570. The number of hydrogen-bond donors (Lipinski definition) is 1. The standard InChI is InChI=1S/C15H28N2O/c1-12(10-13-6-4-3-5-7-13)15(18)17(2)14-8-9-16-11-14/h12-14,16H,3-11H2,1-2H3. The third-order valence-corrected chi connectivity index (χ3v) is 4.76. The first-order valence-corrected chi connectivity index (χ1v) is 7.66. The Morgan fingerprint density at radius 3 is 2.61 bits per heavy atom. The number of nitrogens with zero attached hydrogens (tertiary/aromatic N) is 1. The Labute approximate surface area is 111 Å². The lowest BCUT2D eigenvalue weighted by Crippen LogP contribution is -2.41. The summed E-state index contributed by atoms with van der Waals surface area (Å²) in [5, 5.41) is 3.33. The zero-order chi connectivity index (χ0) is 13.0. The predicted octanol–water partition coefficient (Wildman–Crippen LogP) is 2.41. The topological polar surface area (TPSA) is 32.3 Å². The minimum atomic E-state index is 0.207. The zero-order valence-electron chi connectivity index (χ0n) is 12.0. The van der Waals surface area contributed by atoms with Crippen molar-refractivity contribution in [3.8, 4) is 0 Å². The minimum absolute atomic E-state index is 0.207. The minimum Gasteiger partial charge on any atom is -0.341 e. The van der Waals surface area contributed by atoms with Crippen LogP contribution in [0.4, 0.5) is 0 Å². The molecule has 1 aliphatic carbocycles. The summed E-state index contributed by atoms with van der Waals surface area (Å²) in [5.41, 5.74) is 0. The Morgan fingerprint density at radius 1 is 1.28 bits per heavy atom. The van der Waals surface area contributed by atoms with Crippen LogP contribution in [0, 0.1) is 11.8 Å². The molecule has 2 rings (SSSR count). The quantitative estimate of drug-likeness (QED) is 0.833. The van der Waals surface area contributed by atoms with E-state index in [2.05, 4.69) is 12.2 Å². The summed E-state index contributed by atoms with van der Waals surface area (Å²) in [7, 11) is 1.98. The molecular formula is C15H28N2O. The molecule has 1 N–H and O–H groups in total. The second kappa shape index (κ2) is 6.55. The maximum Gasteiger partial charge on any atom is 0.225 e. The lowest BCUT2D eigenvalue weighted by molar-refractivity contribution is -0.136. The Kier molecular flexibility index (Phi) is 5.04. The molecule has 1 heterocycles. The van der Waals surface area contributed by atoms with Gasteiger partial charge in [-0.15, -0.1) is 0 Å². The van der Waals surface area contributed by atoms with Gasteiger partial charge in [0.1, 0.15) is 0 Å². The van der Waals surface area contributed by atoms with Gasteiger partial charge in [-0.1, -0.05) is 39.0 Å². The van der Waals surface area contributed by atoms with Gasteiger partial charge in [-0.05, 0) is 25.3 Å². The monoisotopic (exact) mass is 252 g/mol. The highest BCUT2D eigenvalue weighted by molar-refractivity contribution is 5.78. The van der Waals surface area contributed by atoms with E-state index in [1.165, 1.54) is 32.1 Å². The number of carbonyl (C=O) groups is 1. The van der Waals surface area contributed by atoms with Crippen molar-refractivity contribution < 1.29 is 4.79 Å². The van der Waals surface area contributed by atoms with Crippen molar-refractivity contribution in [1.82, 2.24) is 10.2 Å². The van der Waals surface area contributed by atoms with Crippen LogP contribution in [0.2, 0.25) is 0 Å². The van der Waals surface area contributed by atoms with Gasteiger partial charge in [0.05, 0.1) is 0 Å². The summed E-state index contributed by atoms with van der Waals surface area (Å²) in [6.45, 7) is 4.15. The van der Waals surface area contributed by atoms with Crippen molar-refractivity contribution in [3.63, 3.8) is 0 Å². The van der Waals surface area contributed by atoms with Crippen LogP contribution >= 0.6 is 0 Å². The highest BCUT2D eigenvalue weighted by atomic mass is 16.2. The SMILES string of the molecule is CC(CC1CCCCC1)C(=O)N(C)C1CCNC1. The van der Waals surface area contributed by atoms with Crippen LogP contribution in [-0.4, -0.2) is 37.0 Å². The largest absolute Gasteiger partial charge is 0.341 e. The first-order valence-electron chi connectivity index (χ1n) is 7.66. The molecular weight excluding hydrogens is 224 g/mol. The molecule has 1 aliphatic heterocycles. The second-order valence-corrected chi connectivity index (χ2v) is 6.24. The van der Waals surface area contributed by atoms with E-state index in [1.54, 1.807) is 0 Å². The van der Waals surface area contributed by atoms with Crippen molar-refractivity contribution >= 4 is 5.91 Å². The molecule has 3 nitrogen and oxygen atoms in total. The van der Waals surface area contributed by atoms with E-state index < -0.39 is 0 Å². The third-order valence-electron chi connectivity index (χ3n) is 4.76. The smallest absolute Gasteiger partial charge is 0.225 e. The first-order chi connectivity index (χ1) is 8.68. The van der Waals surface area contributed by atoms with E-state index >= 15 is 0 Å². The molecule has 2 aliphatic rings. The summed E-state index contributed by atoms with van der Waals surface area (Å²) in [5.74, 6) is 1.36. The molecule has 2 unspecified atom stereocenters. The van der Waals surface area contributed by atoms with Gasteiger partial charge in [0.2, 0.25) is 5.91 Å². The Balaban J connectivity index is 1.79. The fourth-order valence-corrected chi connectivity index (χ4v) is 3.52. The second-order valence-electron chi connectivity index (χ2n) is 6.24. The predicted molar refractivity (Wildman–Crippen MR) is 74.4 cm³/mol. The summed E-state index contributed by atoms with van der Waals surface area (Å²) < 4.78 is 0. The number of rotatable bonds is 4. The zero-order valence-corrected chi connectivity index (χ0v) is 12.0. The number of hydrogen-bond acceptors (Lipinski definition) is 2. The number of amides is 1. The first kappa shape index (κ1) is 13.9. The van der Waals surface area contributed by atoms with Gasteiger partial charge in [-0.2, -0.15) is 0 Å². The van der Waals surface area contributed by atoms with E-state index in [0.29, 0.717) is 11.9 Å². The molecule has 2 fully saturated rings. The average molecular weight is 252 g/mol. The van der Waals surface area contributed by atoms with Crippen LogP contribution in [0.5, 0.6) is 0 Å². The molecule has 1 saturated heterocycles. The molecule has 0 spiro atoms. The summed E-state index contributed by atoms with van der Waals surface area (Å²) >= 11 is 0. The van der Waals surface area contributed by atoms with Crippen LogP contribution in [-0.2, 0) is 4.79 Å². The maximum absolute atomic E-state index is 12.4. The maximum atomic E-state index is 12.4. The van der Waals surface area contributed by atoms with Gasteiger partial charge in [0.15, 0.2) is 0 Å². The van der Waals surface area contributed by atoms with Gasteiger partial charge in [-0.3, -0.25) is 4.79 Å². The van der Waals surface area contributed by atoms with Gasteiger partial charge in [0, 0.05) is 25.6 Å². The van der Waals surface area contributed by atoms with Crippen LogP contribution in [0.15, 0.2) is 0 Å². The average Bonchev–Trinajstić information content (AvgIpc) is 2.92. The fourth-order valence-electron chi connectivity index (χ4n) is 3.52. The summed E-state index contributed by atoms with van der Waals surface area (Å²) in [6, 6.07) is 0.423. The number of likely N-dealkylation sites (N-methyl/N-ethyl adjacent to an activating group) is 1. The van der Waals surface area contributed by atoms with Crippen molar-refractivity contribution in [2.24, 2.45) is 11.8 Å². The molecule has 0 aromatic carbocycles. The molecule has 0 aromatic heterocycles. The molecule has 0 bridgehead atoms. The van der Waals surface area contributed by atoms with Crippen molar-refractivity contribution in [2.75, 3.05) is 20.1 Å². The highest BCUT2D eigenvalue weighted by Crippen LogP contribution is 2.29. The van der Waals surface area contributed by atoms with Gasteiger partial charge in [-0.25, -0.2) is 0 Å². The van der Waals surface area contributed by atoms with Crippen LogP contribution < -0.4 is 5.32 Å². The summed E-state index contributed by atoms with van der Waals surface area (Å²) in [4.78, 5) is 14.4. The molecule has 18 heavy (non-hydrogen) atoms. The Bertz CT molecular complexity index is 268. The van der Waals surface area contributed by atoms with Crippen LogP contribution in [0.1, 0.15) is 51.9 Å². The van der Waals surface area contributed by atoms with Crippen molar-refractivity contribution in [2.45, 2.75) is 57.9 Å². The van der Waals surface area contributed by atoms with Gasteiger partial charge < -0.3 is 10.2 Å². The molecule has 1 saturated carbocycles. The number of nitrogens with one attached hydrogen (secondary N) is 1. The lowest BCUT2D eigenvalue weighted by atomic mass is 9.83. The van der Waals surface area contributed by atoms with Gasteiger partial charge >= 0.3 is 0 Å². The number of carbonyl (C=O) groups excluding carboxylic acids is 1. The van der Waals surface area contributed by atoms with Crippen molar-refractivity contribution in [1.29, 1.82) is 0 Å². The Morgan fingerprint density at radius 2 is 2.00 bits per heavy atom. The molecule has 3 heteroatoms. The third kappa shape index (κ3) is 3.47. The van der Waals surface area contributed by atoms with Gasteiger partial charge in [0.25, 0.3) is 0 Å².